The summed E-state index contributed by atoms with van der Waals surface area (Å²) in [5.41, 5.74) is 0. The summed E-state index contributed by atoms with van der Waals surface area (Å²) >= 11 is -1.18. The molecule has 14 heavy (non-hydrogen) atoms. The molecule has 0 aromatic rings. The maximum absolute atomic E-state index is 2.42. The van der Waals surface area contributed by atoms with Gasteiger partial charge in [-0.1, -0.05) is 0 Å². The van der Waals surface area contributed by atoms with Crippen LogP contribution in [0.15, 0.2) is 0 Å². The molecule has 0 aliphatic carbocycles. The Kier molecular flexibility index (Phi) is 8.27. The predicted molar refractivity (Wildman–Crippen MR) is 74.4 cm³/mol. The summed E-state index contributed by atoms with van der Waals surface area (Å²) in [7, 11) is 0. The SMILES string of the molecule is [CH3][Ge]([CH3])[C](C)(C)C.[CH3][Ge]([CH3])[C](C)(C)C. The van der Waals surface area contributed by atoms with Gasteiger partial charge in [-0.3, -0.25) is 0 Å². The fraction of sp³-hybridized carbons (Fsp3) is 1.00. The minimum atomic E-state index is -0.590. The summed E-state index contributed by atoms with van der Waals surface area (Å²) in [5.74, 6) is 9.67. The van der Waals surface area contributed by atoms with Crippen molar-refractivity contribution in [1.29, 1.82) is 0 Å². The van der Waals surface area contributed by atoms with Crippen molar-refractivity contribution in [1.82, 2.24) is 0 Å². The first kappa shape index (κ1) is 17.5. The Labute approximate surface area is 101 Å². The molecule has 2 heteroatoms. The Morgan fingerprint density at radius 3 is 0.571 bits per heavy atom. The third-order valence-corrected chi connectivity index (χ3v) is 15.6. The second-order valence-corrected chi connectivity index (χ2v) is 21.2. The van der Waals surface area contributed by atoms with Gasteiger partial charge in [-0.15, -0.1) is 0 Å². The molecule has 0 aliphatic heterocycles. The van der Waals surface area contributed by atoms with Crippen LogP contribution in [0.4, 0.5) is 0 Å². The van der Waals surface area contributed by atoms with Gasteiger partial charge in [0.1, 0.15) is 0 Å². The van der Waals surface area contributed by atoms with E-state index in [1.165, 1.54) is 0 Å². The monoisotopic (exact) mass is 322 g/mol. The summed E-state index contributed by atoms with van der Waals surface area (Å²) in [5, 5.41) is 0. The van der Waals surface area contributed by atoms with Crippen LogP contribution in [0.25, 0.3) is 0 Å². The molecule has 2 radical (unpaired) electrons. The van der Waals surface area contributed by atoms with Crippen molar-refractivity contribution in [2.45, 2.75) is 73.1 Å². The molecule has 0 spiro atoms. The molecule has 0 atom stereocenters. The molecular formula is C12H30Ge2. The Hall–Kier alpha value is 1.09. The average molecular weight is 320 g/mol. The fourth-order valence-electron chi connectivity index (χ4n) is 0. The first-order valence-electron chi connectivity index (χ1n) is 5.50. The van der Waals surface area contributed by atoms with E-state index < -0.39 is 28.7 Å². The summed E-state index contributed by atoms with van der Waals surface area (Å²) in [6, 6.07) is 0. The zero-order chi connectivity index (χ0) is 12.2. The van der Waals surface area contributed by atoms with Gasteiger partial charge in [0, 0.05) is 0 Å². The molecule has 86 valence electrons. The molecule has 0 N–H and O–H groups in total. The number of hydrogen-bond acceptors (Lipinski definition) is 0. The molecule has 0 nitrogen and oxygen atoms in total. The number of hydrogen-bond donors (Lipinski definition) is 0. The Bertz CT molecular complexity index is 117. The van der Waals surface area contributed by atoms with Crippen LogP contribution in [0.5, 0.6) is 0 Å². The van der Waals surface area contributed by atoms with Gasteiger partial charge in [-0.05, 0) is 0 Å². The van der Waals surface area contributed by atoms with Crippen LogP contribution in [0, 0.1) is 0 Å². The second kappa shape index (κ2) is 6.62. The summed E-state index contributed by atoms with van der Waals surface area (Å²) < 4.78 is 1.33. The first-order chi connectivity index (χ1) is 5.89. The molecule has 0 fully saturated rings. The van der Waals surface area contributed by atoms with Crippen molar-refractivity contribution in [3.8, 4) is 0 Å². The van der Waals surface area contributed by atoms with Gasteiger partial charge in [0.15, 0.2) is 0 Å². The third kappa shape index (κ3) is 11.2. The summed E-state index contributed by atoms with van der Waals surface area (Å²) in [4.78, 5) is 0. The molecule has 0 saturated heterocycles. The van der Waals surface area contributed by atoms with Gasteiger partial charge in [0.05, 0.1) is 0 Å². The van der Waals surface area contributed by atoms with E-state index in [1.54, 1.807) is 0 Å². The van der Waals surface area contributed by atoms with E-state index in [4.69, 9.17) is 0 Å². The van der Waals surface area contributed by atoms with Crippen LogP contribution in [-0.4, -0.2) is 28.7 Å². The molecule has 0 heterocycles. The van der Waals surface area contributed by atoms with Crippen molar-refractivity contribution < 1.29 is 0 Å². The zero-order valence-electron chi connectivity index (χ0n) is 12.0. The van der Waals surface area contributed by atoms with Gasteiger partial charge in [-0.25, -0.2) is 0 Å². The standard InChI is InChI=1S/2C6H15Ge/c2*1-6(2,3)7(4)5/h2*1-5H3. The van der Waals surface area contributed by atoms with Crippen LogP contribution < -0.4 is 0 Å². The summed E-state index contributed by atoms with van der Waals surface area (Å²) in [6.45, 7) is 14.0. The molecule has 0 saturated carbocycles. The topological polar surface area (TPSA) is 0 Å². The van der Waals surface area contributed by atoms with Crippen molar-refractivity contribution in [3.05, 3.63) is 0 Å². The predicted octanol–water partition coefficient (Wildman–Crippen LogP) is 5.08. The Balaban J connectivity index is 0. The number of rotatable bonds is 0. The third-order valence-electron chi connectivity index (χ3n) is 3.00. The molecule has 0 unspecified atom stereocenters. The first-order valence-corrected chi connectivity index (χ1v) is 16.0. The molecule has 0 bridgehead atoms. The van der Waals surface area contributed by atoms with E-state index in [1.807, 2.05) is 0 Å². The van der Waals surface area contributed by atoms with Crippen molar-refractivity contribution in [2.75, 3.05) is 0 Å². The quantitative estimate of drug-likeness (QED) is 0.546. The average Bonchev–Trinajstić information content (AvgIpc) is 1.83. The van der Waals surface area contributed by atoms with Crippen molar-refractivity contribution in [2.24, 2.45) is 0 Å². The van der Waals surface area contributed by atoms with E-state index in [2.05, 4.69) is 64.6 Å². The maximum atomic E-state index is 2.42. The fourth-order valence-corrected chi connectivity index (χ4v) is 0. The normalized spacial score (nSPS) is 12.9. The van der Waals surface area contributed by atoms with Crippen LogP contribution >= 0.6 is 0 Å². The van der Waals surface area contributed by atoms with Gasteiger partial charge >= 0.3 is 102 Å². The van der Waals surface area contributed by atoms with Crippen LogP contribution in [-0.2, 0) is 0 Å². The van der Waals surface area contributed by atoms with E-state index in [0.29, 0.717) is 8.49 Å². The van der Waals surface area contributed by atoms with Crippen LogP contribution in [0.1, 0.15) is 41.5 Å². The summed E-state index contributed by atoms with van der Waals surface area (Å²) in [6.07, 6.45) is 0. The van der Waals surface area contributed by atoms with E-state index in [0.717, 1.165) is 0 Å². The Morgan fingerprint density at radius 1 is 0.500 bits per heavy atom. The molecule has 0 rings (SSSR count). The van der Waals surface area contributed by atoms with Gasteiger partial charge in [0.25, 0.3) is 0 Å². The van der Waals surface area contributed by atoms with Gasteiger partial charge in [-0.2, -0.15) is 0 Å². The molecule has 0 aromatic heterocycles. The molecule has 0 aliphatic rings. The van der Waals surface area contributed by atoms with Crippen LogP contribution in [0.2, 0.25) is 31.5 Å². The minimum absolute atomic E-state index is 0.590. The molecule has 0 aromatic carbocycles. The van der Waals surface area contributed by atoms with Crippen molar-refractivity contribution in [3.63, 3.8) is 0 Å². The van der Waals surface area contributed by atoms with Crippen LogP contribution in [0.3, 0.4) is 0 Å². The van der Waals surface area contributed by atoms with Gasteiger partial charge < -0.3 is 0 Å². The van der Waals surface area contributed by atoms with E-state index in [-0.39, 0.29) is 0 Å². The van der Waals surface area contributed by atoms with E-state index >= 15 is 0 Å². The van der Waals surface area contributed by atoms with E-state index in [9.17, 15) is 0 Å². The molecule has 0 amide bonds. The second-order valence-electron chi connectivity index (χ2n) is 6.50. The molecular weight excluding hydrogens is 289 g/mol. The van der Waals surface area contributed by atoms with Gasteiger partial charge in [0.2, 0.25) is 0 Å². The Morgan fingerprint density at radius 2 is 0.571 bits per heavy atom. The van der Waals surface area contributed by atoms with Crippen molar-refractivity contribution >= 4 is 28.7 Å². The zero-order valence-corrected chi connectivity index (χ0v) is 16.2.